The van der Waals surface area contributed by atoms with E-state index in [9.17, 15) is 0 Å². The molecule has 1 aromatic heterocycles. The third kappa shape index (κ3) is 3.23. The number of aromatic nitrogens is 1. The van der Waals surface area contributed by atoms with Crippen molar-refractivity contribution >= 4 is 0 Å². The first-order valence-electron chi connectivity index (χ1n) is 5.22. The fourth-order valence-corrected chi connectivity index (χ4v) is 1.57. The largest absolute Gasteiger partial charge is 0.351 e. The Kier molecular flexibility index (Phi) is 4.61. The number of rotatable bonds is 6. The number of hydrogen-bond acceptors (Lipinski definition) is 1. The van der Waals surface area contributed by atoms with E-state index in [0.29, 0.717) is 0 Å². The smallest absolute Gasteiger partial charge is 0.0222 e. The van der Waals surface area contributed by atoms with E-state index in [2.05, 4.69) is 29.8 Å². The molecule has 0 aliphatic rings. The van der Waals surface area contributed by atoms with Crippen molar-refractivity contribution in [3.63, 3.8) is 0 Å². The summed E-state index contributed by atoms with van der Waals surface area (Å²) in [4.78, 5) is 0. The van der Waals surface area contributed by atoms with Gasteiger partial charge in [0, 0.05) is 18.4 Å². The lowest BCUT2D eigenvalue weighted by atomic mass is 10.2. The molecule has 0 fully saturated rings. The molecule has 0 saturated carbocycles. The van der Waals surface area contributed by atoms with Crippen LogP contribution in [0.25, 0.3) is 0 Å². The van der Waals surface area contributed by atoms with Crippen LogP contribution >= 0.6 is 0 Å². The van der Waals surface area contributed by atoms with Gasteiger partial charge in [0.15, 0.2) is 0 Å². The third-order valence-electron chi connectivity index (χ3n) is 2.33. The molecule has 0 aromatic carbocycles. The summed E-state index contributed by atoms with van der Waals surface area (Å²) in [7, 11) is 0. The third-order valence-corrected chi connectivity index (χ3v) is 2.33. The van der Waals surface area contributed by atoms with Crippen molar-refractivity contribution in [3.05, 3.63) is 24.0 Å². The van der Waals surface area contributed by atoms with E-state index in [1.54, 1.807) is 0 Å². The minimum Gasteiger partial charge on any atom is -0.351 e. The lowest BCUT2D eigenvalue weighted by Gasteiger charge is -2.07. The summed E-state index contributed by atoms with van der Waals surface area (Å²) in [6.07, 6.45) is 7.04. The van der Waals surface area contributed by atoms with Crippen LogP contribution in [0.15, 0.2) is 18.3 Å². The molecular formula is C11H20N2. The summed E-state index contributed by atoms with van der Waals surface area (Å²) in [5.41, 5.74) is 6.90. The average molecular weight is 180 g/mol. The van der Waals surface area contributed by atoms with Crippen LogP contribution in [-0.2, 0) is 13.0 Å². The van der Waals surface area contributed by atoms with Crippen LogP contribution in [0.5, 0.6) is 0 Å². The molecule has 13 heavy (non-hydrogen) atoms. The van der Waals surface area contributed by atoms with E-state index in [1.165, 1.54) is 25.0 Å². The highest BCUT2D eigenvalue weighted by molar-refractivity contribution is 5.07. The van der Waals surface area contributed by atoms with E-state index in [0.717, 1.165) is 19.5 Å². The predicted octanol–water partition coefficient (Wildman–Crippen LogP) is 2.18. The van der Waals surface area contributed by atoms with Crippen LogP contribution in [0.2, 0.25) is 0 Å². The first-order chi connectivity index (χ1) is 6.38. The maximum absolute atomic E-state index is 5.53. The lowest BCUT2D eigenvalue weighted by Crippen LogP contribution is -2.08. The first kappa shape index (κ1) is 10.3. The standard InChI is InChI=1S/C11H20N2/c1-2-3-4-9-13-10-5-6-11(13)7-8-12/h5-6,10H,2-4,7-9,12H2,1H3. The van der Waals surface area contributed by atoms with Crippen molar-refractivity contribution in [3.8, 4) is 0 Å². The number of hydrogen-bond donors (Lipinski definition) is 1. The van der Waals surface area contributed by atoms with Crippen molar-refractivity contribution in [1.29, 1.82) is 0 Å². The second kappa shape index (κ2) is 5.81. The minimum absolute atomic E-state index is 0.748. The van der Waals surface area contributed by atoms with Gasteiger partial charge < -0.3 is 10.3 Å². The van der Waals surface area contributed by atoms with Gasteiger partial charge >= 0.3 is 0 Å². The Morgan fingerprint density at radius 1 is 1.38 bits per heavy atom. The molecule has 0 atom stereocenters. The van der Waals surface area contributed by atoms with Crippen LogP contribution in [0.3, 0.4) is 0 Å². The molecule has 0 amide bonds. The SMILES string of the molecule is CCCCCn1cccc1CCN. The molecule has 0 unspecified atom stereocenters. The van der Waals surface area contributed by atoms with Crippen molar-refractivity contribution in [1.82, 2.24) is 4.57 Å². The van der Waals surface area contributed by atoms with Gasteiger partial charge in [-0.2, -0.15) is 0 Å². The molecule has 1 aromatic rings. The van der Waals surface area contributed by atoms with Crippen molar-refractivity contribution in [2.24, 2.45) is 5.73 Å². The number of unbranched alkanes of at least 4 members (excludes halogenated alkanes) is 2. The van der Waals surface area contributed by atoms with Crippen LogP contribution in [-0.4, -0.2) is 11.1 Å². The van der Waals surface area contributed by atoms with Gasteiger partial charge in [-0.05, 0) is 31.5 Å². The Morgan fingerprint density at radius 3 is 2.92 bits per heavy atom. The molecule has 0 spiro atoms. The number of nitrogens with zero attached hydrogens (tertiary/aromatic N) is 1. The van der Waals surface area contributed by atoms with E-state index in [1.807, 2.05) is 0 Å². The maximum atomic E-state index is 5.53. The van der Waals surface area contributed by atoms with E-state index < -0.39 is 0 Å². The molecule has 74 valence electrons. The fourth-order valence-electron chi connectivity index (χ4n) is 1.57. The van der Waals surface area contributed by atoms with Crippen molar-refractivity contribution < 1.29 is 0 Å². The molecule has 0 saturated heterocycles. The molecule has 0 aliphatic carbocycles. The molecule has 0 bridgehead atoms. The lowest BCUT2D eigenvalue weighted by molar-refractivity contribution is 0.585. The number of aryl methyl sites for hydroxylation is 1. The summed E-state index contributed by atoms with van der Waals surface area (Å²) in [6, 6.07) is 4.27. The van der Waals surface area contributed by atoms with Gasteiger partial charge in [-0.3, -0.25) is 0 Å². The van der Waals surface area contributed by atoms with Crippen LogP contribution in [0.1, 0.15) is 31.9 Å². The fraction of sp³-hybridized carbons (Fsp3) is 0.636. The molecule has 2 nitrogen and oxygen atoms in total. The van der Waals surface area contributed by atoms with Crippen LogP contribution in [0.4, 0.5) is 0 Å². The molecule has 2 heteroatoms. The Hall–Kier alpha value is -0.760. The van der Waals surface area contributed by atoms with Crippen molar-refractivity contribution in [2.45, 2.75) is 39.2 Å². The van der Waals surface area contributed by atoms with Crippen LogP contribution < -0.4 is 5.73 Å². The number of nitrogens with two attached hydrogens (primary N) is 1. The Morgan fingerprint density at radius 2 is 2.23 bits per heavy atom. The molecular weight excluding hydrogens is 160 g/mol. The van der Waals surface area contributed by atoms with Crippen LogP contribution in [0, 0.1) is 0 Å². The average Bonchev–Trinajstić information content (AvgIpc) is 2.54. The Labute approximate surface area is 80.7 Å². The van der Waals surface area contributed by atoms with Gasteiger partial charge in [-0.15, -0.1) is 0 Å². The quantitative estimate of drug-likeness (QED) is 0.668. The van der Waals surface area contributed by atoms with Crippen molar-refractivity contribution in [2.75, 3.05) is 6.54 Å². The molecule has 1 rings (SSSR count). The molecule has 1 heterocycles. The van der Waals surface area contributed by atoms with Gasteiger partial charge in [-0.1, -0.05) is 19.8 Å². The summed E-state index contributed by atoms with van der Waals surface area (Å²) in [6.45, 7) is 4.13. The van der Waals surface area contributed by atoms with E-state index in [4.69, 9.17) is 5.73 Å². The maximum Gasteiger partial charge on any atom is 0.0222 e. The summed E-state index contributed by atoms with van der Waals surface area (Å²) in [5.74, 6) is 0. The zero-order valence-corrected chi connectivity index (χ0v) is 8.50. The van der Waals surface area contributed by atoms with Gasteiger partial charge in [0.05, 0.1) is 0 Å². The monoisotopic (exact) mass is 180 g/mol. The second-order valence-corrected chi connectivity index (χ2v) is 3.44. The molecule has 0 radical (unpaired) electrons. The predicted molar refractivity (Wildman–Crippen MR) is 56.7 cm³/mol. The van der Waals surface area contributed by atoms with E-state index >= 15 is 0 Å². The summed E-state index contributed by atoms with van der Waals surface area (Å²) >= 11 is 0. The topological polar surface area (TPSA) is 30.9 Å². The van der Waals surface area contributed by atoms with Gasteiger partial charge in [0.25, 0.3) is 0 Å². The molecule has 2 N–H and O–H groups in total. The summed E-state index contributed by atoms with van der Waals surface area (Å²) < 4.78 is 2.32. The van der Waals surface area contributed by atoms with E-state index in [-0.39, 0.29) is 0 Å². The van der Waals surface area contributed by atoms with Gasteiger partial charge in [0.2, 0.25) is 0 Å². The van der Waals surface area contributed by atoms with Gasteiger partial charge in [-0.25, -0.2) is 0 Å². The zero-order chi connectivity index (χ0) is 9.52. The zero-order valence-electron chi connectivity index (χ0n) is 8.50. The normalized spacial score (nSPS) is 10.6. The minimum atomic E-state index is 0.748. The highest BCUT2D eigenvalue weighted by Crippen LogP contribution is 2.05. The first-order valence-corrected chi connectivity index (χ1v) is 5.22. The second-order valence-electron chi connectivity index (χ2n) is 3.44. The Balaban J connectivity index is 2.40. The summed E-state index contributed by atoms with van der Waals surface area (Å²) in [5, 5.41) is 0. The van der Waals surface area contributed by atoms with Gasteiger partial charge in [0.1, 0.15) is 0 Å². The highest BCUT2D eigenvalue weighted by atomic mass is 15.0. The molecule has 0 aliphatic heterocycles. The highest BCUT2D eigenvalue weighted by Gasteiger charge is 1.98. The Bertz CT molecular complexity index is 228.